The molecule has 1 fully saturated rings. The van der Waals surface area contributed by atoms with Crippen LogP contribution in [-0.2, 0) is 4.74 Å². The van der Waals surface area contributed by atoms with E-state index < -0.39 is 0 Å². The van der Waals surface area contributed by atoms with Crippen LogP contribution in [0, 0.1) is 6.92 Å². The van der Waals surface area contributed by atoms with Crippen LogP contribution in [0.1, 0.15) is 18.2 Å². The maximum Gasteiger partial charge on any atom is 0.126 e. The number of likely N-dealkylation sites (N-methyl/N-ethyl adjacent to an activating group) is 1. The van der Waals surface area contributed by atoms with Gasteiger partial charge in [-0.25, -0.2) is 4.98 Å². The van der Waals surface area contributed by atoms with Gasteiger partial charge in [-0.15, -0.1) is 0 Å². The summed E-state index contributed by atoms with van der Waals surface area (Å²) in [6.07, 6.45) is 0.194. The number of nitrogens with zero attached hydrogens (tertiary/aromatic N) is 2. The van der Waals surface area contributed by atoms with E-state index in [0.29, 0.717) is 4.99 Å². The van der Waals surface area contributed by atoms with Crippen molar-refractivity contribution in [3.8, 4) is 0 Å². The average molecular weight is 294 g/mol. The molecule has 0 saturated carbocycles. The fourth-order valence-corrected chi connectivity index (χ4v) is 2.43. The quantitative estimate of drug-likeness (QED) is 0.795. The number of morpholine rings is 1. The van der Waals surface area contributed by atoms with E-state index in [-0.39, 0.29) is 6.10 Å². The van der Waals surface area contributed by atoms with Gasteiger partial charge in [0.25, 0.3) is 0 Å². The lowest BCUT2D eigenvalue weighted by Gasteiger charge is -2.32. The van der Waals surface area contributed by atoms with Gasteiger partial charge in [0.15, 0.2) is 0 Å². The van der Waals surface area contributed by atoms with Crippen LogP contribution in [0.3, 0.4) is 0 Å². The second kappa shape index (κ2) is 6.97. The molecule has 0 spiro atoms. The first-order chi connectivity index (χ1) is 9.58. The zero-order valence-corrected chi connectivity index (χ0v) is 12.9. The second-order valence-electron chi connectivity index (χ2n) is 5.01. The smallest absolute Gasteiger partial charge is 0.126 e. The molecule has 0 amide bonds. The van der Waals surface area contributed by atoms with E-state index in [2.05, 4.69) is 22.1 Å². The lowest BCUT2D eigenvalue weighted by Crippen LogP contribution is -2.45. The number of rotatable bonds is 5. The molecule has 1 atom stereocenters. The second-order valence-corrected chi connectivity index (χ2v) is 5.45. The maximum absolute atomic E-state index is 5.76. The molecule has 5 nitrogen and oxygen atoms in total. The minimum absolute atomic E-state index is 0.194. The highest BCUT2D eigenvalue weighted by Crippen LogP contribution is 2.12. The van der Waals surface area contributed by atoms with Gasteiger partial charge >= 0.3 is 0 Å². The predicted octanol–water partition coefficient (Wildman–Crippen LogP) is 1.16. The Labute approximate surface area is 125 Å². The van der Waals surface area contributed by atoms with Gasteiger partial charge in [0, 0.05) is 30.9 Å². The minimum Gasteiger partial charge on any atom is -0.389 e. The molecular weight excluding hydrogens is 272 g/mol. The van der Waals surface area contributed by atoms with Gasteiger partial charge in [0.05, 0.1) is 12.7 Å². The Balaban J connectivity index is 1.95. The van der Waals surface area contributed by atoms with Crippen LogP contribution in [0.2, 0.25) is 0 Å². The highest BCUT2D eigenvalue weighted by atomic mass is 32.1. The fraction of sp³-hybridized carbons (Fsp3) is 0.571. The van der Waals surface area contributed by atoms with Crippen molar-refractivity contribution < 1.29 is 4.74 Å². The van der Waals surface area contributed by atoms with Crippen LogP contribution in [0.15, 0.2) is 12.1 Å². The van der Waals surface area contributed by atoms with Gasteiger partial charge in [0.1, 0.15) is 10.8 Å². The van der Waals surface area contributed by atoms with Crippen molar-refractivity contribution in [1.29, 1.82) is 0 Å². The number of aryl methyl sites for hydroxylation is 1. The number of hydrogen-bond donors (Lipinski definition) is 2. The Morgan fingerprint density at radius 1 is 1.60 bits per heavy atom. The Hall–Kier alpha value is -1.24. The predicted molar refractivity (Wildman–Crippen MR) is 85.2 cm³/mol. The lowest BCUT2D eigenvalue weighted by molar-refractivity contribution is -0.0192. The summed E-state index contributed by atoms with van der Waals surface area (Å²) >= 11 is 5.01. The molecule has 6 heteroatoms. The highest BCUT2D eigenvalue weighted by molar-refractivity contribution is 7.80. The van der Waals surface area contributed by atoms with Gasteiger partial charge < -0.3 is 15.8 Å². The summed E-state index contributed by atoms with van der Waals surface area (Å²) < 4.78 is 5.76. The number of nitrogens with one attached hydrogen (secondary N) is 1. The van der Waals surface area contributed by atoms with E-state index >= 15 is 0 Å². The van der Waals surface area contributed by atoms with Crippen LogP contribution >= 0.6 is 12.2 Å². The van der Waals surface area contributed by atoms with Gasteiger partial charge in [-0.1, -0.05) is 19.1 Å². The highest BCUT2D eigenvalue weighted by Gasteiger charge is 2.19. The Bertz CT molecular complexity index is 480. The molecule has 0 bridgehead atoms. The first kappa shape index (κ1) is 15.2. The van der Waals surface area contributed by atoms with Crippen molar-refractivity contribution in [3.63, 3.8) is 0 Å². The molecular formula is C14H22N4OS. The van der Waals surface area contributed by atoms with E-state index in [9.17, 15) is 0 Å². The normalized spacial score (nSPS) is 19.8. The van der Waals surface area contributed by atoms with Crippen LogP contribution in [0.5, 0.6) is 0 Å². The topological polar surface area (TPSA) is 63.4 Å². The molecule has 1 unspecified atom stereocenters. The van der Waals surface area contributed by atoms with Crippen molar-refractivity contribution >= 4 is 23.0 Å². The minimum atomic E-state index is 0.194. The van der Waals surface area contributed by atoms with Gasteiger partial charge in [0.2, 0.25) is 0 Å². The summed E-state index contributed by atoms with van der Waals surface area (Å²) in [5.74, 6) is 0.796. The molecule has 3 N–H and O–H groups in total. The zero-order chi connectivity index (χ0) is 14.5. The summed E-state index contributed by atoms with van der Waals surface area (Å²) in [5.41, 5.74) is 7.41. The number of hydrogen-bond acceptors (Lipinski definition) is 5. The van der Waals surface area contributed by atoms with Crippen molar-refractivity contribution in [3.05, 3.63) is 23.4 Å². The third-order valence-electron chi connectivity index (χ3n) is 3.42. The summed E-state index contributed by atoms with van der Waals surface area (Å²) in [6, 6.07) is 3.78. The molecule has 1 saturated heterocycles. The van der Waals surface area contributed by atoms with Crippen LogP contribution in [0.25, 0.3) is 0 Å². The van der Waals surface area contributed by atoms with Crippen molar-refractivity contribution in [2.45, 2.75) is 20.0 Å². The van der Waals surface area contributed by atoms with Crippen molar-refractivity contribution in [2.75, 3.05) is 38.1 Å². The molecule has 20 heavy (non-hydrogen) atoms. The molecule has 0 radical (unpaired) electrons. The number of ether oxygens (including phenoxy) is 1. The fourth-order valence-electron chi connectivity index (χ4n) is 2.31. The number of anilines is 1. The molecule has 1 aliphatic heterocycles. The number of nitrogens with two attached hydrogens (primary N) is 1. The first-order valence-electron chi connectivity index (χ1n) is 6.94. The summed E-state index contributed by atoms with van der Waals surface area (Å²) in [6.45, 7) is 8.67. The van der Waals surface area contributed by atoms with Gasteiger partial charge in [-0.05, 0) is 25.6 Å². The van der Waals surface area contributed by atoms with Crippen molar-refractivity contribution in [1.82, 2.24) is 9.88 Å². The molecule has 0 aliphatic carbocycles. The Morgan fingerprint density at radius 2 is 2.40 bits per heavy atom. The van der Waals surface area contributed by atoms with Crippen LogP contribution in [0.4, 0.5) is 5.82 Å². The third-order valence-corrected chi connectivity index (χ3v) is 3.65. The van der Waals surface area contributed by atoms with Gasteiger partial charge in [-0.3, -0.25) is 4.90 Å². The van der Waals surface area contributed by atoms with Crippen molar-refractivity contribution in [2.24, 2.45) is 5.73 Å². The zero-order valence-electron chi connectivity index (χ0n) is 12.1. The molecule has 1 aliphatic rings. The number of pyridine rings is 1. The summed E-state index contributed by atoms with van der Waals surface area (Å²) in [5, 5.41) is 3.32. The monoisotopic (exact) mass is 294 g/mol. The summed E-state index contributed by atoms with van der Waals surface area (Å²) in [7, 11) is 0. The lowest BCUT2D eigenvalue weighted by atomic mass is 10.2. The third kappa shape index (κ3) is 4.13. The van der Waals surface area contributed by atoms with E-state index in [1.807, 2.05) is 19.1 Å². The first-order valence-corrected chi connectivity index (χ1v) is 7.35. The largest absolute Gasteiger partial charge is 0.389 e. The SMILES string of the molecule is CCN1CCOC(CNc2cc(C(N)=S)cc(C)n2)C1. The van der Waals surface area contributed by atoms with E-state index in [1.165, 1.54) is 0 Å². The maximum atomic E-state index is 5.76. The number of aromatic nitrogens is 1. The molecule has 2 rings (SSSR count). The van der Waals surface area contributed by atoms with Crippen LogP contribution in [-0.4, -0.2) is 53.8 Å². The molecule has 1 aromatic rings. The summed E-state index contributed by atoms with van der Waals surface area (Å²) in [4.78, 5) is 7.23. The molecule has 0 aromatic carbocycles. The van der Waals surface area contributed by atoms with E-state index in [4.69, 9.17) is 22.7 Å². The Kier molecular flexibility index (Phi) is 5.28. The number of thiocarbonyl (C=S) groups is 1. The molecule has 110 valence electrons. The van der Waals surface area contributed by atoms with Gasteiger partial charge in [-0.2, -0.15) is 0 Å². The Morgan fingerprint density at radius 3 is 3.10 bits per heavy atom. The standard InChI is InChI=1S/C14H22N4OS/c1-3-18-4-5-19-12(9-18)8-16-13-7-11(14(15)20)6-10(2)17-13/h6-7,12H,3-5,8-9H2,1-2H3,(H2,15,20)(H,16,17). The van der Waals surface area contributed by atoms with Crippen LogP contribution < -0.4 is 11.1 Å². The van der Waals surface area contributed by atoms with E-state index in [0.717, 1.165) is 49.9 Å². The molecule has 1 aromatic heterocycles. The average Bonchev–Trinajstić information content (AvgIpc) is 2.44. The van der Waals surface area contributed by atoms with E-state index in [1.54, 1.807) is 0 Å². The molecule has 2 heterocycles.